The minimum atomic E-state index is -2.59. The summed E-state index contributed by atoms with van der Waals surface area (Å²) >= 11 is 0. The SMILES string of the molecule is N#CC(c1cnc(C2CC2)nc1)N1CCC(F)(F)CC1. The highest BCUT2D eigenvalue weighted by Gasteiger charge is 2.37. The third kappa shape index (κ3) is 2.78. The van der Waals surface area contributed by atoms with Crippen LogP contribution in [0.3, 0.4) is 0 Å². The molecule has 106 valence electrons. The van der Waals surface area contributed by atoms with Gasteiger partial charge in [0.25, 0.3) is 5.92 Å². The molecular formula is C14H16F2N4. The predicted molar refractivity (Wildman–Crippen MR) is 68.1 cm³/mol. The molecule has 1 aliphatic heterocycles. The normalized spacial score (nSPS) is 24.1. The number of hydrogen-bond donors (Lipinski definition) is 0. The van der Waals surface area contributed by atoms with Crippen LogP contribution in [0.25, 0.3) is 0 Å². The Hall–Kier alpha value is -1.61. The van der Waals surface area contributed by atoms with Gasteiger partial charge in [-0.25, -0.2) is 18.7 Å². The Morgan fingerprint density at radius 3 is 2.35 bits per heavy atom. The largest absolute Gasteiger partial charge is 0.284 e. The fourth-order valence-corrected chi connectivity index (χ4v) is 2.52. The number of hydrogen-bond acceptors (Lipinski definition) is 4. The molecule has 2 aliphatic rings. The molecule has 1 aromatic rings. The van der Waals surface area contributed by atoms with Crippen LogP contribution in [0.2, 0.25) is 0 Å². The van der Waals surface area contributed by atoms with Crippen LogP contribution in [0, 0.1) is 11.3 Å². The third-order valence-corrected chi connectivity index (χ3v) is 3.97. The molecule has 1 saturated heterocycles. The van der Waals surface area contributed by atoms with E-state index in [0.717, 1.165) is 18.7 Å². The van der Waals surface area contributed by atoms with Crippen LogP contribution in [0.1, 0.15) is 49.0 Å². The molecule has 0 radical (unpaired) electrons. The van der Waals surface area contributed by atoms with Gasteiger partial charge in [-0.15, -0.1) is 0 Å². The van der Waals surface area contributed by atoms with Gasteiger partial charge in [-0.05, 0) is 12.8 Å². The van der Waals surface area contributed by atoms with E-state index < -0.39 is 12.0 Å². The van der Waals surface area contributed by atoms with Gasteiger partial charge < -0.3 is 0 Å². The summed E-state index contributed by atoms with van der Waals surface area (Å²) in [5.74, 6) is -1.29. The average molecular weight is 278 g/mol. The fraction of sp³-hybridized carbons (Fsp3) is 0.643. The number of piperidine rings is 1. The monoisotopic (exact) mass is 278 g/mol. The number of halogens is 2. The van der Waals surface area contributed by atoms with Gasteiger partial charge >= 0.3 is 0 Å². The summed E-state index contributed by atoms with van der Waals surface area (Å²) in [6.45, 7) is 0.463. The number of aromatic nitrogens is 2. The molecule has 1 atom stereocenters. The fourth-order valence-electron chi connectivity index (χ4n) is 2.52. The smallest absolute Gasteiger partial charge is 0.250 e. The van der Waals surface area contributed by atoms with Gasteiger partial charge in [0.2, 0.25) is 0 Å². The molecule has 0 spiro atoms. The first-order valence-corrected chi connectivity index (χ1v) is 6.92. The lowest BCUT2D eigenvalue weighted by Crippen LogP contribution is -2.41. The van der Waals surface area contributed by atoms with Crippen LogP contribution in [0.4, 0.5) is 8.78 Å². The van der Waals surface area contributed by atoms with Crippen LogP contribution in [0.15, 0.2) is 12.4 Å². The van der Waals surface area contributed by atoms with Gasteiger partial charge in [-0.1, -0.05) is 0 Å². The number of likely N-dealkylation sites (tertiary alicyclic amines) is 1. The van der Waals surface area contributed by atoms with Crippen LogP contribution >= 0.6 is 0 Å². The number of rotatable bonds is 3. The summed E-state index contributed by atoms with van der Waals surface area (Å²) in [6, 6.07) is 1.65. The molecule has 2 fully saturated rings. The van der Waals surface area contributed by atoms with Crippen molar-refractivity contribution in [3.63, 3.8) is 0 Å². The average Bonchev–Trinajstić information content (AvgIpc) is 3.27. The van der Waals surface area contributed by atoms with E-state index in [0.29, 0.717) is 11.5 Å². The van der Waals surface area contributed by atoms with Gasteiger partial charge in [0.1, 0.15) is 11.9 Å². The van der Waals surface area contributed by atoms with E-state index in [9.17, 15) is 14.0 Å². The summed E-state index contributed by atoms with van der Waals surface area (Å²) < 4.78 is 26.3. The quantitative estimate of drug-likeness (QED) is 0.853. The minimum absolute atomic E-state index is 0.188. The molecular weight excluding hydrogens is 262 g/mol. The molecule has 0 N–H and O–H groups in total. The Labute approximate surface area is 116 Å². The summed E-state index contributed by atoms with van der Waals surface area (Å²) in [4.78, 5) is 10.4. The van der Waals surface area contributed by atoms with Gasteiger partial charge in [0.05, 0.1) is 6.07 Å². The van der Waals surface area contributed by atoms with Gasteiger partial charge in [-0.3, -0.25) is 4.90 Å². The Morgan fingerprint density at radius 2 is 1.85 bits per heavy atom. The first kappa shape index (κ1) is 13.4. The Kier molecular flexibility index (Phi) is 3.38. The van der Waals surface area contributed by atoms with Crippen molar-refractivity contribution in [1.29, 1.82) is 5.26 Å². The molecule has 0 aromatic carbocycles. The van der Waals surface area contributed by atoms with Crippen molar-refractivity contribution in [2.45, 2.75) is 43.6 Å². The van der Waals surface area contributed by atoms with E-state index >= 15 is 0 Å². The predicted octanol–water partition coefficient (Wildman–Crippen LogP) is 2.65. The maximum Gasteiger partial charge on any atom is 0.250 e. The van der Waals surface area contributed by atoms with Crippen molar-refractivity contribution < 1.29 is 8.78 Å². The standard InChI is InChI=1S/C14H16F2N4/c15-14(16)3-5-20(6-4-14)12(7-17)11-8-18-13(19-9-11)10-1-2-10/h8-10,12H,1-6H2. The van der Waals surface area contributed by atoms with E-state index in [4.69, 9.17) is 0 Å². The second-order valence-corrected chi connectivity index (χ2v) is 5.57. The number of nitriles is 1. The first-order valence-electron chi connectivity index (χ1n) is 6.92. The third-order valence-electron chi connectivity index (χ3n) is 3.97. The lowest BCUT2D eigenvalue weighted by atomic mass is 10.0. The van der Waals surface area contributed by atoms with Gasteiger partial charge in [0, 0.05) is 49.8 Å². The highest BCUT2D eigenvalue weighted by atomic mass is 19.3. The van der Waals surface area contributed by atoms with Crippen LogP contribution < -0.4 is 0 Å². The zero-order valence-electron chi connectivity index (χ0n) is 11.1. The van der Waals surface area contributed by atoms with E-state index in [2.05, 4.69) is 16.0 Å². The second kappa shape index (κ2) is 5.06. The molecule has 6 heteroatoms. The highest BCUT2D eigenvalue weighted by molar-refractivity contribution is 5.20. The molecule has 2 heterocycles. The second-order valence-electron chi connectivity index (χ2n) is 5.57. The van der Waals surface area contributed by atoms with Crippen molar-refractivity contribution in [2.24, 2.45) is 0 Å². The van der Waals surface area contributed by atoms with Crippen molar-refractivity contribution in [3.8, 4) is 6.07 Å². The molecule has 1 saturated carbocycles. The van der Waals surface area contributed by atoms with Crippen molar-refractivity contribution >= 4 is 0 Å². The molecule has 3 rings (SSSR count). The highest BCUT2D eigenvalue weighted by Crippen LogP contribution is 2.38. The molecule has 0 bridgehead atoms. The van der Waals surface area contributed by atoms with E-state index in [-0.39, 0.29) is 25.9 Å². The molecule has 1 unspecified atom stereocenters. The van der Waals surface area contributed by atoms with E-state index in [1.807, 2.05) is 0 Å². The zero-order chi connectivity index (χ0) is 14.2. The molecule has 1 aliphatic carbocycles. The van der Waals surface area contributed by atoms with E-state index in [1.165, 1.54) is 0 Å². The Balaban J connectivity index is 1.71. The Bertz CT molecular complexity index is 509. The maximum absolute atomic E-state index is 13.2. The lowest BCUT2D eigenvalue weighted by molar-refractivity contribution is -0.0595. The minimum Gasteiger partial charge on any atom is -0.284 e. The van der Waals surface area contributed by atoms with Crippen molar-refractivity contribution in [2.75, 3.05) is 13.1 Å². The summed E-state index contributed by atoms with van der Waals surface area (Å²) in [6.07, 6.45) is 5.21. The molecule has 0 amide bonds. The van der Waals surface area contributed by atoms with Crippen molar-refractivity contribution in [1.82, 2.24) is 14.9 Å². The first-order chi connectivity index (χ1) is 9.59. The Morgan fingerprint density at radius 1 is 1.25 bits per heavy atom. The van der Waals surface area contributed by atoms with Crippen LogP contribution in [-0.2, 0) is 0 Å². The topological polar surface area (TPSA) is 52.8 Å². The van der Waals surface area contributed by atoms with Gasteiger partial charge in [0.15, 0.2) is 0 Å². The molecule has 4 nitrogen and oxygen atoms in total. The zero-order valence-corrected chi connectivity index (χ0v) is 11.1. The van der Waals surface area contributed by atoms with Crippen LogP contribution in [-0.4, -0.2) is 33.9 Å². The van der Waals surface area contributed by atoms with Gasteiger partial charge in [-0.2, -0.15) is 5.26 Å². The maximum atomic E-state index is 13.2. The number of nitrogens with zero attached hydrogens (tertiary/aromatic N) is 4. The molecule has 20 heavy (non-hydrogen) atoms. The van der Waals surface area contributed by atoms with Crippen molar-refractivity contribution in [3.05, 3.63) is 23.8 Å². The summed E-state index contributed by atoms with van der Waals surface area (Å²) in [5, 5.41) is 9.32. The lowest BCUT2D eigenvalue weighted by Gasteiger charge is -2.34. The van der Waals surface area contributed by atoms with E-state index in [1.54, 1.807) is 17.3 Å². The summed E-state index contributed by atoms with van der Waals surface area (Å²) in [7, 11) is 0. The molecule has 1 aromatic heterocycles. The summed E-state index contributed by atoms with van der Waals surface area (Å²) in [5.41, 5.74) is 0.696. The van der Waals surface area contributed by atoms with Crippen LogP contribution in [0.5, 0.6) is 0 Å². The number of alkyl halides is 2.